The molecule has 2 amide bonds. The van der Waals surface area contributed by atoms with Gasteiger partial charge in [-0.05, 0) is 49.1 Å². The third-order valence-corrected chi connectivity index (χ3v) is 6.27. The number of nitrogens with two attached hydrogens (primary N) is 1. The first-order chi connectivity index (χ1) is 14.5. The molecule has 2 atom stereocenters. The normalized spacial score (nSPS) is 19.1. The topological polar surface area (TPSA) is 110 Å². The number of hydrogen-bond donors (Lipinski definition) is 2. The van der Waals surface area contributed by atoms with Crippen molar-refractivity contribution in [3.63, 3.8) is 0 Å². The third kappa shape index (κ3) is 3.99. The fourth-order valence-electron chi connectivity index (χ4n) is 3.76. The molecule has 0 bridgehead atoms. The van der Waals surface area contributed by atoms with Gasteiger partial charge in [0.1, 0.15) is 5.82 Å². The van der Waals surface area contributed by atoms with E-state index in [0.717, 1.165) is 21.3 Å². The molecule has 30 heavy (non-hydrogen) atoms. The van der Waals surface area contributed by atoms with E-state index in [1.807, 2.05) is 18.2 Å². The SMILES string of the molecule is CO[C@H]1CCN(C(=O)C(=O)Nc2cnc(N)c(C)c2)[C@H](c2ccc3scnc3c2)C1. The van der Waals surface area contributed by atoms with Gasteiger partial charge in [0.25, 0.3) is 0 Å². The van der Waals surface area contributed by atoms with E-state index >= 15 is 0 Å². The Morgan fingerprint density at radius 3 is 2.90 bits per heavy atom. The minimum Gasteiger partial charge on any atom is -0.383 e. The average molecular weight is 426 g/mol. The lowest BCUT2D eigenvalue weighted by Gasteiger charge is -2.38. The van der Waals surface area contributed by atoms with Crippen LogP contribution < -0.4 is 11.1 Å². The molecule has 3 aromatic rings. The summed E-state index contributed by atoms with van der Waals surface area (Å²) in [5.74, 6) is -0.891. The maximum Gasteiger partial charge on any atom is 0.313 e. The number of anilines is 2. The van der Waals surface area contributed by atoms with E-state index in [9.17, 15) is 9.59 Å². The maximum atomic E-state index is 13.1. The van der Waals surface area contributed by atoms with E-state index in [-0.39, 0.29) is 12.1 Å². The van der Waals surface area contributed by atoms with Crippen LogP contribution in [-0.4, -0.2) is 46.4 Å². The fourth-order valence-corrected chi connectivity index (χ4v) is 4.42. The molecule has 156 valence electrons. The number of methoxy groups -OCH3 is 1. The van der Waals surface area contributed by atoms with Crippen molar-refractivity contribution in [2.75, 3.05) is 24.7 Å². The fraction of sp³-hybridized carbons (Fsp3) is 0.333. The molecule has 3 N–H and O–H groups in total. The van der Waals surface area contributed by atoms with Gasteiger partial charge in [0.15, 0.2) is 0 Å². The Morgan fingerprint density at radius 1 is 1.30 bits per heavy atom. The first kappa shape index (κ1) is 20.2. The second-order valence-corrected chi connectivity index (χ2v) is 8.24. The molecule has 2 aromatic heterocycles. The Kier molecular flexibility index (Phi) is 5.65. The Bertz CT molecular complexity index is 1100. The van der Waals surface area contributed by atoms with E-state index in [1.165, 1.54) is 6.20 Å². The lowest BCUT2D eigenvalue weighted by atomic mass is 9.93. The van der Waals surface area contributed by atoms with Crippen molar-refractivity contribution in [1.82, 2.24) is 14.9 Å². The molecule has 0 spiro atoms. The molecule has 0 aliphatic carbocycles. The van der Waals surface area contributed by atoms with Gasteiger partial charge >= 0.3 is 11.8 Å². The van der Waals surface area contributed by atoms with Crippen LogP contribution in [0.5, 0.6) is 0 Å². The number of aryl methyl sites for hydroxylation is 1. The van der Waals surface area contributed by atoms with Crippen LogP contribution in [-0.2, 0) is 14.3 Å². The Morgan fingerprint density at radius 2 is 2.13 bits per heavy atom. The van der Waals surface area contributed by atoms with E-state index in [0.29, 0.717) is 30.9 Å². The lowest BCUT2D eigenvalue weighted by Crippen LogP contribution is -2.47. The van der Waals surface area contributed by atoms with E-state index in [2.05, 4.69) is 15.3 Å². The van der Waals surface area contributed by atoms with E-state index in [4.69, 9.17) is 10.5 Å². The van der Waals surface area contributed by atoms with Crippen LogP contribution in [0.1, 0.15) is 30.0 Å². The molecule has 9 heteroatoms. The number of amides is 2. The Balaban J connectivity index is 1.58. The van der Waals surface area contributed by atoms with Gasteiger partial charge in [-0.25, -0.2) is 9.97 Å². The number of pyridine rings is 1. The lowest BCUT2D eigenvalue weighted by molar-refractivity contribution is -0.147. The summed E-state index contributed by atoms with van der Waals surface area (Å²) < 4.78 is 6.63. The first-order valence-corrected chi connectivity index (χ1v) is 10.5. The summed E-state index contributed by atoms with van der Waals surface area (Å²) in [5, 5.41) is 2.64. The largest absolute Gasteiger partial charge is 0.383 e. The number of carbonyl (C=O) groups excluding carboxylic acids is 2. The number of hydrogen-bond acceptors (Lipinski definition) is 7. The molecule has 0 unspecified atom stereocenters. The highest BCUT2D eigenvalue weighted by Gasteiger charge is 2.35. The van der Waals surface area contributed by atoms with E-state index in [1.54, 1.807) is 41.8 Å². The van der Waals surface area contributed by atoms with Crippen LogP contribution in [0.15, 0.2) is 36.0 Å². The van der Waals surface area contributed by atoms with Gasteiger partial charge in [0.2, 0.25) is 0 Å². The van der Waals surface area contributed by atoms with Crippen molar-refractivity contribution < 1.29 is 14.3 Å². The number of thiazole rings is 1. The summed E-state index contributed by atoms with van der Waals surface area (Å²) in [6.45, 7) is 2.23. The number of benzene rings is 1. The monoisotopic (exact) mass is 425 g/mol. The van der Waals surface area contributed by atoms with Gasteiger partial charge in [-0.15, -0.1) is 11.3 Å². The molecule has 4 rings (SSSR count). The zero-order chi connectivity index (χ0) is 21.3. The maximum absolute atomic E-state index is 13.1. The summed E-state index contributed by atoms with van der Waals surface area (Å²) >= 11 is 1.57. The van der Waals surface area contributed by atoms with Crippen molar-refractivity contribution in [2.24, 2.45) is 0 Å². The minimum absolute atomic E-state index is 0.0252. The zero-order valence-electron chi connectivity index (χ0n) is 16.8. The Hall–Kier alpha value is -3.04. The highest BCUT2D eigenvalue weighted by molar-refractivity contribution is 7.16. The van der Waals surface area contributed by atoms with Crippen LogP contribution in [0, 0.1) is 6.92 Å². The van der Waals surface area contributed by atoms with Crippen molar-refractivity contribution in [1.29, 1.82) is 0 Å². The molecule has 1 aromatic carbocycles. The molecule has 1 saturated heterocycles. The summed E-state index contributed by atoms with van der Waals surface area (Å²) in [7, 11) is 1.67. The summed E-state index contributed by atoms with van der Waals surface area (Å²) in [6.07, 6.45) is 2.76. The van der Waals surface area contributed by atoms with Crippen LogP contribution >= 0.6 is 11.3 Å². The number of aromatic nitrogens is 2. The predicted molar refractivity (Wildman–Crippen MR) is 116 cm³/mol. The van der Waals surface area contributed by atoms with Crippen LogP contribution in [0.2, 0.25) is 0 Å². The predicted octanol–water partition coefficient (Wildman–Crippen LogP) is 2.90. The zero-order valence-corrected chi connectivity index (χ0v) is 17.6. The van der Waals surface area contributed by atoms with Crippen LogP contribution in [0.4, 0.5) is 11.5 Å². The molecule has 3 heterocycles. The smallest absolute Gasteiger partial charge is 0.313 e. The highest BCUT2D eigenvalue weighted by Crippen LogP contribution is 2.34. The number of piperidine rings is 1. The number of ether oxygens (including phenoxy) is 1. The molecule has 8 nitrogen and oxygen atoms in total. The number of nitrogens with zero attached hydrogens (tertiary/aromatic N) is 3. The van der Waals surface area contributed by atoms with Crippen molar-refractivity contribution >= 4 is 44.9 Å². The minimum atomic E-state index is -0.698. The van der Waals surface area contributed by atoms with E-state index < -0.39 is 11.8 Å². The Labute approximate surface area is 178 Å². The summed E-state index contributed by atoms with van der Waals surface area (Å²) in [5.41, 5.74) is 10.5. The molecule has 0 radical (unpaired) electrons. The first-order valence-electron chi connectivity index (χ1n) is 9.66. The second-order valence-electron chi connectivity index (χ2n) is 7.36. The van der Waals surface area contributed by atoms with Crippen molar-refractivity contribution in [3.8, 4) is 0 Å². The second kappa shape index (κ2) is 8.37. The van der Waals surface area contributed by atoms with Gasteiger partial charge in [-0.2, -0.15) is 0 Å². The molecule has 1 aliphatic heterocycles. The van der Waals surface area contributed by atoms with Crippen molar-refractivity contribution in [2.45, 2.75) is 31.9 Å². The number of carbonyl (C=O) groups is 2. The molecule has 0 saturated carbocycles. The quantitative estimate of drug-likeness (QED) is 0.625. The molecule has 1 aliphatic rings. The molecule has 1 fully saturated rings. The number of nitrogens with one attached hydrogen (secondary N) is 1. The van der Waals surface area contributed by atoms with Gasteiger partial charge in [-0.3, -0.25) is 9.59 Å². The number of rotatable bonds is 3. The molecular weight excluding hydrogens is 402 g/mol. The summed E-state index contributed by atoms with van der Waals surface area (Å²) in [4.78, 5) is 35.8. The average Bonchev–Trinajstić information content (AvgIpc) is 3.23. The van der Waals surface area contributed by atoms with Gasteiger partial charge in [-0.1, -0.05) is 6.07 Å². The number of likely N-dealkylation sites (tertiary alicyclic amines) is 1. The van der Waals surface area contributed by atoms with Crippen molar-refractivity contribution in [3.05, 3.63) is 47.1 Å². The number of fused-ring (bicyclic) bond motifs is 1. The van der Waals surface area contributed by atoms with Gasteiger partial charge in [0.05, 0.1) is 39.8 Å². The van der Waals surface area contributed by atoms with Gasteiger partial charge < -0.3 is 20.7 Å². The number of nitrogen functional groups attached to an aromatic ring is 1. The standard InChI is InChI=1S/C21H23N5O3S/c1-12-7-14(10-23-19(12)22)25-20(27)21(28)26-6-5-15(29-2)9-17(26)13-3-4-18-16(8-13)24-11-30-18/h3-4,7-8,10-11,15,17H,5-6,9H2,1-2H3,(H2,22,23)(H,25,27)/t15-,17-/m0/s1. The summed E-state index contributed by atoms with van der Waals surface area (Å²) in [6, 6.07) is 7.41. The highest BCUT2D eigenvalue weighted by atomic mass is 32.1. The molecular formula is C21H23N5O3S. The third-order valence-electron chi connectivity index (χ3n) is 5.46. The van der Waals surface area contributed by atoms with Gasteiger partial charge in [0, 0.05) is 13.7 Å². The van der Waals surface area contributed by atoms with Crippen LogP contribution in [0.25, 0.3) is 10.2 Å². The van der Waals surface area contributed by atoms with Crippen LogP contribution in [0.3, 0.4) is 0 Å².